The molecule has 4 rings (SSSR count). The number of aromatic nitrogens is 3. The number of carbonyl (C=O) groups is 1. The van der Waals surface area contributed by atoms with Crippen molar-refractivity contribution < 1.29 is 9.18 Å². The predicted octanol–water partition coefficient (Wildman–Crippen LogP) is 2.72. The van der Waals surface area contributed by atoms with Crippen molar-refractivity contribution in [2.75, 3.05) is 36.4 Å². The van der Waals surface area contributed by atoms with Crippen LogP contribution in [0.25, 0.3) is 0 Å². The molecular weight excluding hydrogens is 359 g/mol. The number of nitrogens with zero attached hydrogens (tertiary/aromatic N) is 5. The molecule has 142 valence electrons. The van der Waals surface area contributed by atoms with Gasteiger partial charge in [-0.2, -0.15) is 0 Å². The van der Waals surface area contributed by atoms with Gasteiger partial charge in [-0.15, -0.1) is 0 Å². The molecule has 8 heteroatoms. The Hall–Kier alpha value is -3.55. The van der Waals surface area contributed by atoms with Gasteiger partial charge in [0.25, 0.3) is 5.91 Å². The van der Waals surface area contributed by atoms with Crippen molar-refractivity contribution in [1.29, 1.82) is 0 Å². The van der Waals surface area contributed by atoms with Crippen LogP contribution in [-0.2, 0) is 0 Å². The van der Waals surface area contributed by atoms with E-state index in [1.165, 1.54) is 18.3 Å². The van der Waals surface area contributed by atoms with Crippen LogP contribution in [-0.4, -0.2) is 51.9 Å². The van der Waals surface area contributed by atoms with Gasteiger partial charge in [-0.1, -0.05) is 6.07 Å². The van der Waals surface area contributed by atoms with Crippen LogP contribution in [0.4, 0.5) is 21.8 Å². The lowest BCUT2D eigenvalue weighted by Crippen LogP contribution is -2.49. The lowest BCUT2D eigenvalue weighted by Gasteiger charge is -2.35. The maximum atomic E-state index is 13.0. The van der Waals surface area contributed by atoms with Crippen LogP contribution in [0.3, 0.4) is 0 Å². The summed E-state index contributed by atoms with van der Waals surface area (Å²) in [5.74, 6) is 0.762. The summed E-state index contributed by atoms with van der Waals surface area (Å²) in [5.41, 5.74) is 0.973. The minimum atomic E-state index is -0.319. The molecule has 3 heterocycles. The highest BCUT2D eigenvalue weighted by molar-refractivity contribution is 5.92. The Morgan fingerprint density at radius 2 is 1.71 bits per heavy atom. The highest BCUT2D eigenvalue weighted by Crippen LogP contribution is 2.16. The summed E-state index contributed by atoms with van der Waals surface area (Å²) < 4.78 is 13.0. The van der Waals surface area contributed by atoms with Crippen LogP contribution in [0.5, 0.6) is 0 Å². The molecule has 0 atom stereocenters. The Morgan fingerprint density at radius 1 is 0.929 bits per heavy atom. The summed E-state index contributed by atoms with van der Waals surface area (Å²) in [7, 11) is 0. The average Bonchev–Trinajstić information content (AvgIpc) is 2.76. The van der Waals surface area contributed by atoms with E-state index in [0.29, 0.717) is 43.5 Å². The van der Waals surface area contributed by atoms with E-state index in [1.54, 1.807) is 29.3 Å². The number of piperazine rings is 1. The zero-order valence-electron chi connectivity index (χ0n) is 15.1. The first-order valence-corrected chi connectivity index (χ1v) is 9.00. The molecule has 1 amide bonds. The van der Waals surface area contributed by atoms with E-state index in [9.17, 15) is 9.18 Å². The van der Waals surface area contributed by atoms with Gasteiger partial charge >= 0.3 is 0 Å². The van der Waals surface area contributed by atoms with Crippen LogP contribution >= 0.6 is 0 Å². The summed E-state index contributed by atoms with van der Waals surface area (Å²) in [4.78, 5) is 29.6. The highest BCUT2D eigenvalue weighted by Gasteiger charge is 2.23. The smallest absolute Gasteiger partial charge is 0.272 e. The molecule has 0 bridgehead atoms. The van der Waals surface area contributed by atoms with E-state index in [4.69, 9.17) is 0 Å². The number of benzene rings is 1. The number of amides is 1. The van der Waals surface area contributed by atoms with E-state index < -0.39 is 0 Å². The molecule has 1 aromatic carbocycles. The topological polar surface area (TPSA) is 74.2 Å². The zero-order chi connectivity index (χ0) is 19.3. The number of hydrogen-bond donors (Lipinski definition) is 1. The lowest BCUT2D eigenvalue weighted by atomic mass is 10.2. The van der Waals surface area contributed by atoms with E-state index in [2.05, 4.69) is 25.2 Å². The summed E-state index contributed by atoms with van der Waals surface area (Å²) >= 11 is 0. The van der Waals surface area contributed by atoms with Crippen LogP contribution < -0.4 is 10.2 Å². The third-order valence-corrected chi connectivity index (χ3v) is 4.52. The average molecular weight is 378 g/mol. The molecule has 1 N–H and O–H groups in total. The van der Waals surface area contributed by atoms with Gasteiger partial charge in [0.2, 0.25) is 5.95 Å². The molecule has 1 saturated heterocycles. The summed E-state index contributed by atoms with van der Waals surface area (Å²) in [6, 6.07) is 13.3. The molecule has 0 radical (unpaired) electrons. The van der Waals surface area contributed by atoms with Crippen molar-refractivity contribution in [2.45, 2.75) is 0 Å². The van der Waals surface area contributed by atoms with Crippen molar-refractivity contribution in [1.82, 2.24) is 19.9 Å². The predicted molar refractivity (Wildman–Crippen MR) is 104 cm³/mol. The first-order chi connectivity index (χ1) is 13.7. The van der Waals surface area contributed by atoms with E-state index in [1.807, 2.05) is 18.2 Å². The maximum Gasteiger partial charge on any atom is 0.272 e. The molecule has 3 aromatic rings. The number of pyridine rings is 1. The second-order valence-electron chi connectivity index (χ2n) is 6.36. The van der Waals surface area contributed by atoms with Crippen molar-refractivity contribution in [3.63, 3.8) is 0 Å². The Labute approximate surface area is 161 Å². The Bertz CT molecular complexity index is 942. The lowest BCUT2D eigenvalue weighted by molar-refractivity contribution is 0.0740. The zero-order valence-corrected chi connectivity index (χ0v) is 15.1. The SMILES string of the molecule is O=C(c1ccnc(Nc2ccc(F)cc2)n1)N1CCN(c2ccccn2)CC1. The second-order valence-corrected chi connectivity index (χ2v) is 6.36. The van der Waals surface area contributed by atoms with Crippen molar-refractivity contribution in [3.05, 3.63) is 72.4 Å². The molecule has 0 spiro atoms. The molecule has 0 unspecified atom stereocenters. The van der Waals surface area contributed by atoms with E-state index in [-0.39, 0.29) is 11.7 Å². The second kappa shape index (κ2) is 7.99. The standard InChI is InChI=1S/C20H19FN6O/c21-15-4-6-16(7-5-15)24-20-23-10-8-17(25-20)19(28)27-13-11-26(12-14-27)18-3-1-2-9-22-18/h1-10H,11-14H2,(H,23,24,25). The summed E-state index contributed by atoms with van der Waals surface area (Å²) in [5, 5.41) is 2.98. The molecule has 1 aliphatic heterocycles. The first kappa shape index (κ1) is 17.8. The number of carbonyl (C=O) groups excluding carboxylic acids is 1. The molecule has 1 fully saturated rings. The van der Waals surface area contributed by atoms with Crippen LogP contribution in [0.2, 0.25) is 0 Å². The third kappa shape index (κ3) is 4.06. The maximum absolute atomic E-state index is 13.0. The van der Waals surface area contributed by atoms with Crippen molar-refractivity contribution >= 4 is 23.4 Å². The Balaban J connectivity index is 1.40. The molecular formula is C20H19FN6O. The fourth-order valence-electron chi connectivity index (χ4n) is 3.04. The fourth-order valence-corrected chi connectivity index (χ4v) is 3.04. The summed E-state index contributed by atoms with van der Waals surface area (Å²) in [6.45, 7) is 2.63. The number of nitrogens with one attached hydrogen (secondary N) is 1. The largest absolute Gasteiger partial charge is 0.353 e. The fraction of sp³-hybridized carbons (Fsp3) is 0.200. The Kier molecular flexibility index (Phi) is 5.09. The van der Waals surface area contributed by atoms with Gasteiger partial charge in [0.15, 0.2) is 0 Å². The van der Waals surface area contributed by atoms with Crippen LogP contribution in [0.15, 0.2) is 60.9 Å². The van der Waals surface area contributed by atoms with Gasteiger partial charge in [-0.3, -0.25) is 4.79 Å². The van der Waals surface area contributed by atoms with Gasteiger partial charge in [0, 0.05) is 44.3 Å². The first-order valence-electron chi connectivity index (χ1n) is 9.00. The normalized spacial score (nSPS) is 14.0. The third-order valence-electron chi connectivity index (χ3n) is 4.52. The molecule has 28 heavy (non-hydrogen) atoms. The molecule has 1 aliphatic rings. The van der Waals surface area contributed by atoms with E-state index >= 15 is 0 Å². The quantitative estimate of drug-likeness (QED) is 0.753. The van der Waals surface area contributed by atoms with Crippen LogP contribution in [0.1, 0.15) is 10.5 Å². The van der Waals surface area contributed by atoms with Gasteiger partial charge in [-0.25, -0.2) is 19.3 Å². The molecule has 0 saturated carbocycles. The molecule has 2 aromatic heterocycles. The minimum Gasteiger partial charge on any atom is -0.353 e. The molecule has 0 aliphatic carbocycles. The van der Waals surface area contributed by atoms with Crippen molar-refractivity contribution in [3.8, 4) is 0 Å². The number of halogens is 1. The monoisotopic (exact) mass is 378 g/mol. The van der Waals surface area contributed by atoms with Gasteiger partial charge in [-0.05, 0) is 42.5 Å². The number of anilines is 3. The van der Waals surface area contributed by atoms with Gasteiger partial charge in [0.1, 0.15) is 17.3 Å². The Morgan fingerprint density at radius 3 is 2.43 bits per heavy atom. The minimum absolute atomic E-state index is 0.134. The number of hydrogen-bond acceptors (Lipinski definition) is 6. The summed E-state index contributed by atoms with van der Waals surface area (Å²) in [6.07, 6.45) is 3.31. The van der Waals surface area contributed by atoms with Gasteiger partial charge < -0.3 is 15.1 Å². The number of rotatable bonds is 4. The highest BCUT2D eigenvalue weighted by atomic mass is 19.1. The van der Waals surface area contributed by atoms with Crippen molar-refractivity contribution in [2.24, 2.45) is 0 Å². The van der Waals surface area contributed by atoms with E-state index in [0.717, 1.165) is 5.82 Å². The van der Waals surface area contributed by atoms with Crippen LogP contribution in [0, 0.1) is 5.82 Å². The van der Waals surface area contributed by atoms with Gasteiger partial charge in [0.05, 0.1) is 0 Å². The molecule has 7 nitrogen and oxygen atoms in total.